The largest absolute Gasteiger partial charge is 0.463 e. The van der Waals surface area contributed by atoms with E-state index in [0.29, 0.717) is 12.8 Å². The topological polar surface area (TPSA) is 52.6 Å². The summed E-state index contributed by atoms with van der Waals surface area (Å²) in [5.41, 5.74) is 0. The molecule has 4 heteroatoms. The van der Waals surface area contributed by atoms with Gasteiger partial charge in [0, 0.05) is 12.8 Å². The van der Waals surface area contributed by atoms with Crippen molar-refractivity contribution >= 4 is 11.9 Å². The van der Waals surface area contributed by atoms with Crippen LogP contribution in [-0.2, 0) is 19.1 Å². The smallest absolute Gasteiger partial charge is 0.306 e. The predicted octanol–water partition coefficient (Wildman–Crippen LogP) is 5.57. The highest BCUT2D eigenvalue weighted by molar-refractivity contribution is 5.69. The van der Waals surface area contributed by atoms with Crippen molar-refractivity contribution < 1.29 is 19.1 Å². The van der Waals surface area contributed by atoms with Crippen molar-refractivity contribution in [2.24, 2.45) is 0 Å². The molecule has 0 N–H and O–H groups in total. The van der Waals surface area contributed by atoms with Crippen molar-refractivity contribution in [3.63, 3.8) is 0 Å². The fraction of sp³-hybridized carbons (Fsp3) is 0.900. The number of carbonyl (C=O) groups excluding carboxylic acids is 2. The lowest BCUT2D eigenvalue weighted by Crippen LogP contribution is -2.19. The Morgan fingerprint density at radius 3 is 1.38 bits per heavy atom. The summed E-state index contributed by atoms with van der Waals surface area (Å²) in [6, 6.07) is 0. The van der Waals surface area contributed by atoms with E-state index in [1.165, 1.54) is 25.7 Å². The molecule has 0 saturated heterocycles. The number of carbonyl (C=O) groups is 2. The second-order valence-corrected chi connectivity index (χ2v) is 6.80. The van der Waals surface area contributed by atoms with Crippen LogP contribution < -0.4 is 0 Å². The maximum atomic E-state index is 11.7. The summed E-state index contributed by atoms with van der Waals surface area (Å²) in [7, 11) is 0. The first-order chi connectivity index (χ1) is 11.5. The first-order valence-corrected chi connectivity index (χ1v) is 9.88. The van der Waals surface area contributed by atoms with Gasteiger partial charge in [-0.05, 0) is 39.5 Å². The van der Waals surface area contributed by atoms with Crippen molar-refractivity contribution in [2.75, 3.05) is 0 Å². The van der Waals surface area contributed by atoms with Gasteiger partial charge in [-0.1, -0.05) is 52.4 Å². The van der Waals surface area contributed by atoms with Crippen LogP contribution in [0, 0.1) is 0 Å². The second kappa shape index (κ2) is 15.5. The number of ether oxygens (including phenoxy) is 2. The van der Waals surface area contributed by atoms with Gasteiger partial charge in [0.1, 0.15) is 0 Å². The van der Waals surface area contributed by atoms with Gasteiger partial charge in [0.15, 0.2) is 0 Å². The lowest BCUT2D eigenvalue weighted by molar-refractivity contribution is -0.152. The quantitative estimate of drug-likeness (QED) is 0.288. The molecule has 0 radical (unpaired) electrons. The molecule has 0 aliphatic rings. The Hall–Kier alpha value is -1.06. The number of hydrogen-bond donors (Lipinski definition) is 0. The van der Waals surface area contributed by atoms with Crippen LogP contribution in [-0.4, -0.2) is 24.1 Å². The number of hydrogen-bond acceptors (Lipinski definition) is 4. The molecule has 142 valence electrons. The third kappa shape index (κ3) is 14.5. The normalized spacial score (nSPS) is 13.3. The minimum Gasteiger partial charge on any atom is -0.463 e. The average molecular weight is 343 g/mol. The van der Waals surface area contributed by atoms with Crippen LogP contribution in [0.15, 0.2) is 0 Å². The lowest BCUT2D eigenvalue weighted by Gasteiger charge is -2.17. The summed E-state index contributed by atoms with van der Waals surface area (Å²) in [6.07, 6.45) is 10.9. The zero-order chi connectivity index (χ0) is 18.2. The predicted molar refractivity (Wildman–Crippen MR) is 97.9 cm³/mol. The van der Waals surface area contributed by atoms with Gasteiger partial charge in [0.2, 0.25) is 0 Å². The van der Waals surface area contributed by atoms with E-state index in [4.69, 9.17) is 9.47 Å². The van der Waals surface area contributed by atoms with E-state index in [1.54, 1.807) is 0 Å². The van der Waals surface area contributed by atoms with Crippen molar-refractivity contribution in [1.82, 2.24) is 0 Å². The van der Waals surface area contributed by atoms with Gasteiger partial charge in [-0.25, -0.2) is 0 Å². The maximum absolute atomic E-state index is 11.7. The number of rotatable bonds is 15. The molecule has 0 amide bonds. The molecule has 0 aromatic carbocycles. The van der Waals surface area contributed by atoms with Gasteiger partial charge in [0.25, 0.3) is 0 Å². The first-order valence-electron chi connectivity index (χ1n) is 9.88. The van der Waals surface area contributed by atoms with Crippen molar-refractivity contribution in [3.8, 4) is 0 Å². The molecule has 0 aliphatic heterocycles. The molecule has 0 aromatic heterocycles. The van der Waals surface area contributed by atoms with Gasteiger partial charge in [-0.2, -0.15) is 0 Å². The molecule has 0 rings (SSSR count). The van der Waals surface area contributed by atoms with E-state index in [2.05, 4.69) is 13.8 Å². The highest BCUT2D eigenvalue weighted by Gasteiger charge is 2.14. The minimum atomic E-state index is -0.116. The summed E-state index contributed by atoms with van der Waals surface area (Å²) in [4.78, 5) is 23.4. The van der Waals surface area contributed by atoms with Crippen molar-refractivity contribution in [3.05, 3.63) is 0 Å². The Bertz CT molecular complexity index is 296. The van der Waals surface area contributed by atoms with Crippen LogP contribution in [0.3, 0.4) is 0 Å². The Morgan fingerprint density at radius 1 is 0.667 bits per heavy atom. The van der Waals surface area contributed by atoms with E-state index in [1.807, 2.05) is 13.8 Å². The highest BCUT2D eigenvalue weighted by Crippen LogP contribution is 2.12. The Morgan fingerprint density at radius 2 is 1.04 bits per heavy atom. The summed E-state index contributed by atoms with van der Waals surface area (Å²) < 4.78 is 10.8. The monoisotopic (exact) mass is 342 g/mol. The van der Waals surface area contributed by atoms with Crippen molar-refractivity contribution in [2.45, 2.75) is 117 Å². The molecule has 0 aliphatic carbocycles. The molecule has 0 heterocycles. The minimum absolute atomic E-state index is 0.112. The molecule has 0 aromatic rings. The third-order valence-electron chi connectivity index (χ3n) is 4.11. The van der Waals surface area contributed by atoms with E-state index in [9.17, 15) is 9.59 Å². The van der Waals surface area contributed by atoms with Gasteiger partial charge < -0.3 is 9.47 Å². The Labute approximate surface area is 148 Å². The van der Waals surface area contributed by atoms with E-state index in [0.717, 1.165) is 38.5 Å². The molecular formula is C20H38O4. The summed E-state index contributed by atoms with van der Waals surface area (Å²) in [5, 5.41) is 0. The number of esters is 2. The molecule has 0 fully saturated rings. The zero-order valence-electron chi connectivity index (χ0n) is 16.3. The van der Waals surface area contributed by atoms with Crippen LogP contribution in [0.25, 0.3) is 0 Å². The van der Waals surface area contributed by atoms with Crippen LogP contribution in [0.4, 0.5) is 0 Å². The molecule has 0 saturated carbocycles. The summed E-state index contributed by atoms with van der Waals surface area (Å²) in [5.74, 6) is -0.224. The van der Waals surface area contributed by atoms with Gasteiger partial charge >= 0.3 is 11.9 Å². The van der Waals surface area contributed by atoms with Crippen LogP contribution in [0.5, 0.6) is 0 Å². The van der Waals surface area contributed by atoms with E-state index >= 15 is 0 Å². The lowest BCUT2D eigenvalue weighted by atomic mass is 10.1. The van der Waals surface area contributed by atoms with E-state index in [-0.39, 0.29) is 24.1 Å². The fourth-order valence-corrected chi connectivity index (χ4v) is 2.55. The van der Waals surface area contributed by atoms with Crippen LogP contribution in [0.1, 0.15) is 105 Å². The second-order valence-electron chi connectivity index (χ2n) is 6.80. The Balaban J connectivity index is 3.71. The molecule has 24 heavy (non-hydrogen) atoms. The summed E-state index contributed by atoms with van der Waals surface area (Å²) in [6.45, 7) is 8.12. The highest BCUT2D eigenvalue weighted by atomic mass is 16.5. The summed E-state index contributed by atoms with van der Waals surface area (Å²) >= 11 is 0. The SMILES string of the molecule is CCCCCCC(=O)OC(C)CCC(C)OC(=O)CCCCCC. The van der Waals surface area contributed by atoms with Crippen LogP contribution in [0.2, 0.25) is 0 Å². The standard InChI is InChI=1S/C20H38O4/c1-5-7-9-11-13-19(21)23-17(3)15-16-18(4)24-20(22)14-12-10-8-6-2/h17-18H,5-16H2,1-4H3. The third-order valence-corrected chi connectivity index (χ3v) is 4.11. The fourth-order valence-electron chi connectivity index (χ4n) is 2.55. The number of unbranched alkanes of at least 4 members (excludes halogenated alkanes) is 6. The molecule has 2 unspecified atom stereocenters. The van der Waals surface area contributed by atoms with Gasteiger partial charge in [-0.3, -0.25) is 9.59 Å². The molecule has 2 atom stereocenters. The zero-order valence-corrected chi connectivity index (χ0v) is 16.3. The molecule has 0 spiro atoms. The van der Waals surface area contributed by atoms with Crippen LogP contribution >= 0.6 is 0 Å². The Kier molecular flexibility index (Phi) is 14.8. The van der Waals surface area contributed by atoms with Gasteiger partial charge in [0.05, 0.1) is 12.2 Å². The molecule has 4 nitrogen and oxygen atoms in total. The molecular weight excluding hydrogens is 304 g/mol. The van der Waals surface area contributed by atoms with Gasteiger partial charge in [-0.15, -0.1) is 0 Å². The molecule has 0 bridgehead atoms. The van der Waals surface area contributed by atoms with E-state index < -0.39 is 0 Å². The van der Waals surface area contributed by atoms with Crippen molar-refractivity contribution in [1.29, 1.82) is 0 Å². The first kappa shape index (κ1) is 22.9. The maximum Gasteiger partial charge on any atom is 0.306 e. The average Bonchev–Trinajstić information content (AvgIpc) is 2.54.